The maximum Gasteiger partial charge on any atom is 0.191 e. The van der Waals surface area contributed by atoms with Crippen LogP contribution < -0.4 is 10.6 Å². The third-order valence-electron chi connectivity index (χ3n) is 3.91. The van der Waals surface area contributed by atoms with Crippen LogP contribution in [0.25, 0.3) is 0 Å². The summed E-state index contributed by atoms with van der Waals surface area (Å²) >= 11 is 0. The molecule has 2 N–H and O–H groups in total. The minimum Gasteiger partial charge on any atom is -0.357 e. The Morgan fingerprint density at radius 2 is 1.85 bits per heavy atom. The van der Waals surface area contributed by atoms with Crippen molar-refractivity contribution < 1.29 is 0 Å². The van der Waals surface area contributed by atoms with Crippen molar-refractivity contribution in [3.63, 3.8) is 0 Å². The van der Waals surface area contributed by atoms with Gasteiger partial charge < -0.3 is 10.6 Å². The van der Waals surface area contributed by atoms with E-state index in [9.17, 15) is 0 Å². The summed E-state index contributed by atoms with van der Waals surface area (Å²) in [4.78, 5) is 4.64. The predicted molar refractivity (Wildman–Crippen MR) is 119 cm³/mol. The second-order valence-electron chi connectivity index (χ2n) is 6.08. The van der Waals surface area contributed by atoms with Gasteiger partial charge in [-0.3, -0.25) is 0 Å². The van der Waals surface area contributed by atoms with E-state index in [1.54, 1.807) is 0 Å². The van der Waals surface area contributed by atoms with Gasteiger partial charge >= 0.3 is 0 Å². The molecule has 1 atom stereocenters. The van der Waals surface area contributed by atoms with E-state index in [2.05, 4.69) is 59.8 Å². The number of aryl methyl sites for hydroxylation is 1. The monoisotopic (exact) mass is 462 g/mol. The Balaban J connectivity index is 0.00000338. The van der Waals surface area contributed by atoms with Crippen LogP contribution in [0.15, 0.2) is 59.6 Å². The molecule has 1 unspecified atom stereocenters. The Labute approximate surface area is 173 Å². The molecule has 0 bridgehead atoms. The number of benzene rings is 2. The van der Waals surface area contributed by atoms with Crippen LogP contribution >= 0.6 is 24.0 Å². The first-order chi connectivity index (χ1) is 12.2. The number of guanidine groups is 1. The van der Waals surface area contributed by atoms with E-state index in [4.69, 9.17) is 5.26 Å². The molecule has 0 aliphatic heterocycles. The summed E-state index contributed by atoms with van der Waals surface area (Å²) in [6, 6.07) is 20.6. The van der Waals surface area contributed by atoms with Crippen LogP contribution in [-0.2, 0) is 13.0 Å². The standard InChI is InChI=1S/C21H26N4.HI/c1-3-23-21(24-16-20-11-7-10-19(14-20)15-22)25-17(2)12-13-18-8-5-4-6-9-18;/h4-11,14,17H,3,12-13,16H2,1-2H3,(H2,23,24,25);1H. The lowest BCUT2D eigenvalue weighted by atomic mass is 10.1. The Kier molecular flexibility index (Phi) is 10.4. The molecule has 2 aromatic rings. The highest BCUT2D eigenvalue weighted by Crippen LogP contribution is 2.06. The van der Waals surface area contributed by atoms with Crippen LogP contribution in [0.3, 0.4) is 0 Å². The molecule has 0 aliphatic carbocycles. The van der Waals surface area contributed by atoms with Crippen LogP contribution in [0.2, 0.25) is 0 Å². The van der Waals surface area contributed by atoms with Gasteiger partial charge in [0.2, 0.25) is 0 Å². The molecular formula is C21H27IN4. The van der Waals surface area contributed by atoms with Crippen LogP contribution in [0, 0.1) is 11.3 Å². The molecule has 2 aromatic carbocycles. The van der Waals surface area contributed by atoms with E-state index < -0.39 is 0 Å². The van der Waals surface area contributed by atoms with Crippen LogP contribution in [-0.4, -0.2) is 18.5 Å². The fraction of sp³-hybridized carbons (Fsp3) is 0.333. The van der Waals surface area contributed by atoms with Crippen molar-refractivity contribution in [2.45, 2.75) is 39.3 Å². The zero-order chi connectivity index (χ0) is 17.9. The summed E-state index contributed by atoms with van der Waals surface area (Å²) in [6.07, 6.45) is 2.08. The zero-order valence-corrected chi connectivity index (χ0v) is 17.7. The SMILES string of the molecule is CCNC(=NCc1cccc(C#N)c1)NC(C)CCc1ccccc1.I. The molecule has 0 aromatic heterocycles. The third kappa shape index (κ3) is 7.87. The molecule has 2 rings (SSSR count). The average molecular weight is 462 g/mol. The van der Waals surface area contributed by atoms with Crippen molar-refractivity contribution in [3.05, 3.63) is 71.3 Å². The maximum absolute atomic E-state index is 8.99. The number of halogens is 1. The summed E-state index contributed by atoms with van der Waals surface area (Å²) in [5, 5.41) is 15.7. The summed E-state index contributed by atoms with van der Waals surface area (Å²) in [5.74, 6) is 0.811. The highest BCUT2D eigenvalue weighted by atomic mass is 127. The fourth-order valence-corrected chi connectivity index (χ4v) is 2.56. The first-order valence-corrected chi connectivity index (χ1v) is 8.79. The molecule has 0 fully saturated rings. The third-order valence-corrected chi connectivity index (χ3v) is 3.91. The second kappa shape index (κ2) is 12.3. The summed E-state index contributed by atoms with van der Waals surface area (Å²) in [5.41, 5.74) is 3.06. The van der Waals surface area contributed by atoms with Crippen LogP contribution in [0.4, 0.5) is 0 Å². The van der Waals surface area contributed by atoms with E-state index >= 15 is 0 Å². The number of nitrogens with one attached hydrogen (secondary N) is 2. The van der Waals surface area contributed by atoms with Crippen molar-refractivity contribution in [1.82, 2.24) is 10.6 Å². The summed E-state index contributed by atoms with van der Waals surface area (Å²) in [7, 11) is 0. The molecule has 5 heteroatoms. The quantitative estimate of drug-likeness (QED) is 0.368. The molecule has 0 saturated heterocycles. The zero-order valence-electron chi connectivity index (χ0n) is 15.4. The van der Waals surface area contributed by atoms with Gasteiger partial charge in [0.15, 0.2) is 5.96 Å². The molecule has 0 spiro atoms. The number of aliphatic imine (C=N–C) groups is 1. The van der Waals surface area contributed by atoms with Crippen LogP contribution in [0.1, 0.15) is 37.0 Å². The summed E-state index contributed by atoms with van der Waals surface area (Å²) in [6.45, 7) is 5.60. The molecule has 0 radical (unpaired) electrons. The number of hydrogen-bond acceptors (Lipinski definition) is 2. The van der Waals surface area contributed by atoms with Crippen molar-refractivity contribution in [3.8, 4) is 6.07 Å². The van der Waals surface area contributed by atoms with Gasteiger partial charge in [0.05, 0.1) is 18.2 Å². The molecule has 4 nitrogen and oxygen atoms in total. The largest absolute Gasteiger partial charge is 0.357 e. The van der Waals surface area contributed by atoms with Crippen molar-refractivity contribution >= 4 is 29.9 Å². The number of nitriles is 1. The first kappa shape index (κ1) is 22.0. The summed E-state index contributed by atoms with van der Waals surface area (Å²) < 4.78 is 0. The number of rotatable bonds is 7. The lowest BCUT2D eigenvalue weighted by Crippen LogP contribution is -2.42. The average Bonchev–Trinajstić information content (AvgIpc) is 2.65. The van der Waals surface area contributed by atoms with Crippen LogP contribution in [0.5, 0.6) is 0 Å². The molecule has 0 amide bonds. The Morgan fingerprint density at radius 1 is 1.12 bits per heavy atom. The normalized spacial score (nSPS) is 11.8. The maximum atomic E-state index is 8.99. The van der Waals surface area contributed by atoms with Gasteiger partial charge in [0, 0.05) is 12.6 Å². The molecule has 138 valence electrons. The van der Waals surface area contributed by atoms with Gasteiger partial charge in [0.25, 0.3) is 0 Å². The van der Waals surface area contributed by atoms with Gasteiger partial charge in [-0.05, 0) is 49.9 Å². The molecule has 0 heterocycles. The smallest absolute Gasteiger partial charge is 0.191 e. The van der Waals surface area contributed by atoms with Gasteiger partial charge in [-0.2, -0.15) is 5.26 Å². The van der Waals surface area contributed by atoms with Gasteiger partial charge in [0.1, 0.15) is 0 Å². The van der Waals surface area contributed by atoms with Gasteiger partial charge in [-0.1, -0.05) is 42.5 Å². The van der Waals surface area contributed by atoms with Gasteiger partial charge in [-0.25, -0.2) is 4.99 Å². The van der Waals surface area contributed by atoms with Crippen molar-refractivity contribution in [1.29, 1.82) is 5.26 Å². The van der Waals surface area contributed by atoms with E-state index in [1.807, 2.05) is 30.3 Å². The predicted octanol–water partition coefficient (Wildman–Crippen LogP) is 4.25. The topological polar surface area (TPSA) is 60.2 Å². The molecular weight excluding hydrogens is 435 g/mol. The van der Waals surface area contributed by atoms with E-state index in [-0.39, 0.29) is 24.0 Å². The highest BCUT2D eigenvalue weighted by molar-refractivity contribution is 14.0. The minimum atomic E-state index is 0. The molecule has 0 saturated carbocycles. The lowest BCUT2D eigenvalue weighted by Gasteiger charge is -2.18. The van der Waals surface area contributed by atoms with Gasteiger partial charge in [-0.15, -0.1) is 24.0 Å². The highest BCUT2D eigenvalue weighted by Gasteiger charge is 2.06. The number of hydrogen-bond donors (Lipinski definition) is 2. The van der Waals surface area contributed by atoms with E-state index in [0.29, 0.717) is 18.2 Å². The lowest BCUT2D eigenvalue weighted by molar-refractivity contribution is 0.593. The van der Waals surface area contributed by atoms with Crippen molar-refractivity contribution in [2.75, 3.05) is 6.54 Å². The number of nitrogens with zero attached hydrogens (tertiary/aromatic N) is 2. The second-order valence-corrected chi connectivity index (χ2v) is 6.08. The Hall–Kier alpha value is -2.07. The van der Waals surface area contributed by atoms with E-state index in [1.165, 1.54) is 5.56 Å². The molecule has 26 heavy (non-hydrogen) atoms. The van der Waals surface area contributed by atoms with Crippen molar-refractivity contribution in [2.24, 2.45) is 4.99 Å². The fourth-order valence-electron chi connectivity index (χ4n) is 2.56. The molecule has 0 aliphatic rings. The Morgan fingerprint density at radius 3 is 2.54 bits per heavy atom. The first-order valence-electron chi connectivity index (χ1n) is 8.79. The van der Waals surface area contributed by atoms with E-state index in [0.717, 1.165) is 30.9 Å². The Bertz CT molecular complexity index is 722. The minimum absolute atomic E-state index is 0.